The highest BCUT2D eigenvalue weighted by Gasteiger charge is 2.15. The topological polar surface area (TPSA) is 71.3 Å². The minimum Gasteiger partial charge on any atom is -0.337 e. The van der Waals surface area contributed by atoms with Crippen molar-refractivity contribution in [2.24, 2.45) is 0 Å². The maximum absolute atomic E-state index is 12.0. The molecule has 0 aliphatic heterocycles. The van der Waals surface area contributed by atoms with Gasteiger partial charge in [-0.1, -0.05) is 24.3 Å². The van der Waals surface area contributed by atoms with Crippen molar-refractivity contribution in [2.45, 2.75) is 17.9 Å². The van der Waals surface area contributed by atoms with Gasteiger partial charge in [0.15, 0.2) is 11.5 Å². The van der Waals surface area contributed by atoms with Gasteiger partial charge in [-0.3, -0.25) is 4.40 Å². The highest BCUT2D eigenvalue weighted by atomic mass is 32.2. The molecule has 0 fully saturated rings. The number of rotatable bonds is 6. The highest BCUT2D eigenvalue weighted by Crippen LogP contribution is 2.15. The van der Waals surface area contributed by atoms with Gasteiger partial charge in [-0.25, -0.2) is 4.79 Å². The number of fused-ring (bicyclic) bond motifs is 1. The lowest BCUT2D eigenvalue weighted by Crippen LogP contribution is -2.38. The Kier molecular flexibility index (Phi) is 5.32. The SMILES string of the molecule is CC(NC(=O)NCCSc1ccccc1)c1nnc2ccccn12. The molecule has 2 heterocycles. The number of hydrogen-bond donors (Lipinski definition) is 2. The van der Waals surface area contributed by atoms with Crippen LogP contribution < -0.4 is 10.6 Å². The smallest absolute Gasteiger partial charge is 0.315 e. The van der Waals surface area contributed by atoms with E-state index < -0.39 is 0 Å². The van der Waals surface area contributed by atoms with Gasteiger partial charge in [0.25, 0.3) is 0 Å². The molecule has 0 saturated carbocycles. The number of nitrogens with one attached hydrogen (secondary N) is 2. The summed E-state index contributed by atoms with van der Waals surface area (Å²) < 4.78 is 1.87. The van der Waals surface area contributed by atoms with Crippen LogP contribution in [0.4, 0.5) is 4.79 Å². The summed E-state index contributed by atoms with van der Waals surface area (Å²) in [6.45, 7) is 2.49. The van der Waals surface area contributed by atoms with E-state index in [0.29, 0.717) is 12.4 Å². The zero-order chi connectivity index (χ0) is 16.8. The Labute approximate surface area is 144 Å². The van der Waals surface area contributed by atoms with Gasteiger partial charge < -0.3 is 10.6 Å². The molecule has 2 N–H and O–H groups in total. The van der Waals surface area contributed by atoms with E-state index in [-0.39, 0.29) is 12.1 Å². The lowest BCUT2D eigenvalue weighted by molar-refractivity contribution is 0.238. The molecule has 3 aromatic rings. The molecule has 0 bridgehead atoms. The molecule has 0 aliphatic rings. The summed E-state index contributed by atoms with van der Waals surface area (Å²) in [5.41, 5.74) is 0.765. The van der Waals surface area contributed by atoms with Gasteiger partial charge in [-0.05, 0) is 31.2 Å². The third-order valence-corrected chi connectivity index (χ3v) is 4.49. The maximum Gasteiger partial charge on any atom is 0.315 e. The first-order valence-corrected chi connectivity index (χ1v) is 8.74. The summed E-state index contributed by atoms with van der Waals surface area (Å²) in [7, 11) is 0. The van der Waals surface area contributed by atoms with E-state index in [1.54, 1.807) is 11.8 Å². The van der Waals surface area contributed by atoms with Gasteiger partial charge in [-0.15, -0.1) is 22.0 Å². The predicted molar refractivity (Wildman–Crippen MR) is 95.1 cm³/mol. The number of carbonyl (C=O) groups excluding carboxylic acids is 1. The quantitative estimate of drug-likeness (QED) is 0.534. The fourth-order valence-electron chi connectivity index (χ4n) is 2.32. The van der Waals surface area contributed by atoms with Crippen LogP contribution in [-0.2, 0) is 0 Å². The molecular weight excluding hydrogens is 322 g/mol. The van der Waals surface area contributed by atoms with Crippen LogP contribution in [0, 0.1) is 0 Å². The van der Waals surface area contributed by atoms with Crippen LogP contribution in [0.2, 0.25) is 0 Å². The Morgan fingerprint density at radius 1 is 1.17 bits per heavy atom. The summed E-state index contributed by atoms with van der Waals surface area (Å²) in [6, 6.07) is 15.4. The van der Waals surface area contributed by atoms with Crippen molar-refractivity contribution in [1.82, 2.24) is 25.2 Å². The van der Waals surface area contributed by atoms with Crippen molar-refractivity contribution in [3.05, 3.63) is 60.6 Å². The normalized spacial score (nSPS) is 12.0. The fraction of sp³-hybridized carbons (Fsp3) is 0.235. The van der Waals surface area contributed by atoms with Gasteiger partial charge in [0.1, 0.15) is 0 Å². The molecule has 6 nitrogen and oxygen atoms in total. The number of nitrogens with zero attached hydrogens (tertiary/aromatic N) is 3. The number of pyridine rings is 1. The second-order valence-corrected chi connectivity index (χ2v) is 6.44. The first kappa shape index (κ1) is 16.3. The van der Waals surface area contributed by atoms with Gasteiger partial charge >= 0.3 is 6.03 Å². The monoisotopic (exact) mass is 341 g/mol. The zero-order valence-corrected chi connectivity index (χ0v) is 14.2. The number of urea groups is 1. The number of carbonyl (C=O) groups is 1. The van der Waals surface area contributed by atoms with Gasteiger partial charge in [0, 0.05) is 23.4 Å². The molecule has 7 heteroatoms. The first-order valence-electron chi connectivity index (χ1n) is 7.76. The summed E-state index contributed by atoms with van der Waals surface area (Å²) in [5, 5.41) is 14.0. The van der Waals surface area contributed by atoms with Crippen LogP contribution in [0.3, 0.4) is 0 Å². The molecule has 24 heavy (non-hydrogen) atoms. The number of hydrogen-bond acceptors (Lipinski definition) is 4. The van der Waals surface area contributed by atoms with E-state index in [4.69, 9.17) is 0 Å². The third kappa shape index (κ3) is 4.05. The van der Waals surface area contributed by atoms with Gasteiger partial charge in [0.05, 0.1) is 6.04 Å². The number of aromatic nitrogens is 3. The average molecular weight is 341 g/mol. The molecule has 0 aliphatic carbocycles. The van der Waals surface area contributed by atoms with Crippen LogP contribution in [0.15, 0.2) is 59.6 Å². The van der Waals surface area contributed by atoms with Crippen LogP contribution in [0.5, 0.6) is 0 Å². The van der Waals surface area contributed by atoms with E-state index in [1.807, 2.05) is 53.9 Å². The number of amides is 2. The highest BCUT2D eigenvalue weighted by molar-refractivity contribution is 7.99. The lowest BCUT2D eigenvalue weighted by atomic mass is 10.3. The first-order chi connectivity index (χ1) is 11.7. The molecule has 0 saturated heterocycles. The third-order valence-electron chi connectivity index (χ3n) is 3.47. The minimum absolute atomic E-state index is 0.205. The molecule has 1 unspecified atom stereocenters. The lowest BCUT2D eigenvalue weighted by Gasteiger charge is -2.13. The van der Waals surface area contributed by atoms with E-state index in [0.717, 1.165) is 11.4 Å². The van der Waals surface area contributed by atoms with E-state index in [9.17, 15) is 4.79 Å². The molecular formula is C17H19N5OS. The minimum atomic E-state index is -0.232. The maximum atomic E-state index is 12.0. The summed E-state index contributed by atoms with van der Waals surface area (Å²) in [5.74, 6) is 1.53. The summed E-state index contributed by atoms with van der Waals surface area (Å²) >= 11 is 1.71. The zero-order valence-electron chi connectivity index (χ0n) is 13.3. The van der Waals surface area contributed by atoms with Crippen molar-refractivity contribution >= 4 is 23.4 Å². The average Bonchev–Trinajstić information content (AvgIpc) is 3.04. The number of thioether (sulfide) groups is 1. The largest absolute Gasteiger partial charge is 0.337 e. The molecule has 2 amide bonds. The Bertz CT molecular complexity index is 805. The Hall–Kier alpha value is -2.54. The van der Waals surface area contributed by atoms with E-state index >= 15 is 0 Å². The van der Waals surface area contributed by atoms with Crippen molar-refractivity contribution < 1.29 is 4.79 Å². The van der Waals surface area contributed by atoms with Crippen molar-refractivity contribution in [3.63, 3.8) is 0 Å². The molecule has 2 aromatic heterocycles. The van der Waals surface area contributed by atoms with E-state index in [2.05, 4.69) is 33.0 Å². The Morgan fingerprint density at radius 2 is 1.96 bits per heavy atom. The van der Waals surface area contributed by atoms with E-state index in [1.165, 1.54) is 4.90 Å². The van der Waals surface area contributed by atoms with Gasteiger partial charge in [0.2, 0.25) is 0 Å². The second-order valence-electron chi connectivity index (χ2n) is 5.27. The van der Waals surface area contributed by atoms with Crippen LogP contribution >= 0.6 is 11.8 Å². The van der Waals surface area contributed by atoms with Gasteiger partial charge in [-0.2, -0.15) is 0 Å². The standard InChI is InChI=1S/C17H19N5OS/c1-13(16-21-20-15-9-5-6-11-22(15)16)19-17(23)18-10-12-24-14-7-3-2-4-8-14/h2-9,11,13H,10,12H2,1H3,(H2,18,19,23). The van der Waals surface area contributed by atoms with Crippen LogP contribution in [0.1, 0.15) is 18.8 Å². The molecule has 1 aromatic carbocycles. The van der Waals surface area contributed by atoms with Crippen molar-refractivity contribution in [2.75, 3.05) is 12.3 Å². The van der Waals surface area contributed by atoms with Crippen molar-refractivity contribution in [3.8, 4) is 0 Å². The van der Waals surface area contributed by atoms with Crippen molar-refractivity contribution in [1.29, 1.82) is 0 Å². The molecule has 124 valence electrons. The molecule has 3 rings (SSSR count). The Balaban J connectivity index is 1.46. The fourth-order valence-corrected chi connectivity index (χ4v) is 3.11. The Morgan fingerprint density at radius 3 is 2.79 bits per heavy atom. The predicted octanol–water partition coefficient (Wildman–Crippen LogP) is 2.88. The number of benzene rings is 1. The second kappa shape index (κ2) is 7.83. The summed E-state index contributed by atoms with van der Waals surface area (Å²) in [6.07, 6.45) is 1.89. The molecule has 0 radical (unpaired) electrons. The van der Waals surface area contributed by atoms with Crippen LogP contribution in [-0.4, -0.2) is 32.9 Å². The van der Waals surface area contributed by atoms with Crippen LogP contribution in [0.25, 0.3) is 5.65 Å². The molecule has 0 spiro atoms. The molecule has 1 atom stereocenters. The summed E-state index contributed by atoms with van der Waals surface area (Å²) in [4.78, 5) is 13.2.